The van der Waals surface area contributed by atoms with Crippen molar-refractivity contribution in [1.29, 1.82) is 0 Å². The Morgan fingerprint density at radius 3 is 2.86 bits per heavy atom. The molecule has 0 unspecified atom stereocenters. The number of hydrogen-bond acceptors (Lipinski definition) is 2. The minimum atomic E-state index is -0.379. The Balaban J connectivity index is 1.94. The summed E-state index contributed by atoms with van der Waals surface area (Å²) in [5.41, 5.74) is 3.15. The van der Waals surface area contributed by atoms with E-state index >= 15 is 0 Å². The Kier molecular flexibility index (Phi) is 3.60. The Labute approximate surface area is 123 Å². The maximum Gasteiger partial charge on any atom is 0.258 e. The summed E-state index contributed by atoms with van der Waals surface area (Å²) in [6.45, 7) is 3.17. The molecule has 1 amide bonds. The summed E-state index contributed by atoms with van der Waals surface area (Å²) in [7, 11) is 0. The molecule has 108 valence electrons. The van der Waals surface area contributed by atoms with Gasteiger partial charge in [-0.05, 0) is 49.2 Å². The first kappa shape index (κ1) is 13.6. The third kappa shape index (κ3) is 2.49. The number of benzene rings is 2. The van der Waals surface area contributed by atoms with Gasteiger partial charge in [0, 0.05) is 24.3 Å². The second kappa shape index (κ2) is 5.56. The lowest BCUT2D eigenvalue weighted by molar-refractivity contribution is 0.0987. The molecule has 21 heavy (non-hydrogen) atoms. The van der Waals surface area contributed by atoms with Gasteiger partial charge >= 0.3 is 0 Å². The molecular formula is C17H17FN2O. The fourth-order valence-corrected chi connectivity index (χ4v) is 2.69. The normalized spacial score (nSPS) is 12.7. The Bertz CT molecular complexity index is 684. The van der Waals surface area contributed by atoms with E-state index in [1.807, 2.05) is 19.1 Å². The van der Waals surface area contributed by atoms with Gasteiger partial charge in [0.25, 0.3) is 5.91 Å². The van der Waals surface area contributed by atoms with Gasteiger partial charge in [0.15, 0.2) is 0 Å². The predicted molar refractivity (Wildman–Crippen MR) is 82.4 cm³/mol. The molecule has 0 atom stereocenters. The van der Waals surface area contributed by atoms with Crippen LogP contribution in [0, 0.1) is 5.82 Å². The van der Waals surface area contributed by atoms with Crippen molar-refractivity contribution in [1.82, 2.24) is 0 Å². The van der Waals surface area contributed by atoms with Crippen LogP contribution in [0.25, 0.3) is 0 Å². The molecule has 0 aliphatic carbocycles. The van der Waals surface area contributed by atoms with Crippen LogP contribution in [-0.4, -0.2) is 19.0 Å². The first-order valence-electron chi connectivity index (χ1n) is 7.14. The van der Waals surface area contributed by atoms with Gasteiger partial charge in [-0.25, -0.2) is 4.39 Å². The number of nitrogens with one attached hydrogen (secondary N) is 1. The Hall–Kier alpha value is -2.36. The van der Waals surface area contributed by atoms with Gasteiger partial charge in [-0.2, -0.15) is 0 Å². The number of hydrogen-bond donors (Lipinski definition) is 1. The van der Waals surface area contributed by atoms with Gasteiger partial charge < -0.3 is 10.2 Å². The topological polar surface area (TPSA) is 32.3 Å². The smallest absolute Gasteiger partial charge is 0.258 e. The van der Waals surface area contributed by atoms with Gasteiger partial charge in [-0.3, -0.25) is 4.79 Å². The van der Waals surface area contributed by atoms with Crippen molar-refractivity contribution in [3.8, 4) is 0 Å². The van der Waals surface area contributed by atoms with Gasteiger partial charge in [-0.1, -0.05) is 12.1 Å². The SMILES string of the molecule is CCN(C(=O)c1ccc2c(c1)CCN2)c1ccccc1F. The Morgan fingerprint density at radius 1 is 1.29 bits per heavy atom. The number of para-hydroxylation sites is 1. The van der Waals surface area contributed by atoms with Gasteiger partial charge in [0.05, 0.1) is 5.69 Å². The van der Waals surface area contributed by atoms with E-state index < -0.39 is 0 Å². The standard InChI is InChI=1S/C17H17FN2O/c1-2-20(16-6-4-3-5-14(16)18)17(21)13-7-8-15-12(11-13)9-10-19-15/h3-8,11,19H,2,9-10H2,1H3. The minimum absolute atomic E-state index is 0.169. The van der Waals surface area contributed by atoms with Crippen molar-refractivity contribution in [2.24, 2.45) is 0 Å². The maximum absolute atomic E-state index is 13.9. The number of carbonyl (C=O) groups is 1. The van der Waals surface area contributed by atoms with Gasteiger partial charge in [0.2, 0.25) is 0 Å². The molecule has 0 radical (unpaired) electrons. The number of fused-ring (bicyclic) bond motifs is 1. The van der Waals surface area contributed by atoms with Crippen LogP contribution in [0.5, 0.6) is 0 Å². The van der Waals surface area contributed by atoms with Gasteiger partial charge in [-0.15, -0.1) is 0 Å². The molecule has 1 aliphatic rings. The Morgan fingerprint density at radius 2 is 2.10 bits per heavy atom. The molecule has 0 fully saturated rings. The lowest BCUT2D eigenvalue weighted by Crippen LogP contribution is -2.31. The number of rotatable bonds is 3. The molecular weight excluding hydrogens is 267 g/mol. The minimum Gasteiger partial charge on any atom is -0.384 e. The summed E-state index contributed by atoms with van der Waals surface area (Å²) in [5.74, 6) is -0.548. The number of nitrogens with zero attached hydrogens (tertiary/aromatic N) is 1. The maximum atomic E-state index is 13.9. The van der Waals surface area contributed by atoms with Crippen LogP contribution >= 0.6 is 0 Å². The summed E-state index contributed by atoms with van der Waals surface area (Å²) >= 11 is 0. The van der Waals surface area contributed by atoms with Crippen LogP contribution in [-0.2, 0) is 6.42 Å². The molecule has 0 bridgehead atoms. The van der Waals surface area contributed by atoms with Crippen LogP contribution in [0.2, 0.25) is 0 Å². The van der Waals surface area contributed by atoms with Crippen molar-refractivity contribution in [2.45, 2.75) is 13.3 Å². The molecule has 4 heteroatoms. The first-order chi connectivity index (χ1) is 10.2. The summed E-state index contributed by atoms with van der Waals surface area (Å²) < 4.78 is 13.9. The van der Waals surface area contributed by atoms with Crippen LogP contribution in [0.3, 0.4) is 0 Å². The second-order valence-electron chi connectivity index (χ2n) is 5.05. The van der Waals surface area contributed by atoms with E-state index in [1.54, 1.807) is 24.3 Å². The van der Waals surface area contributed by atoms with E-state index in [0.29, 0.717) is 17.8 Å². The molecule has 3 nitrogen and oxygen atoms in total. The highest BCUT2D eigenvalue weighted by Gasteiger charge is 2.20. The molecule has 1 heterocycles. The monoisotopic (exact) mass is 284 g/mol. The van der Waals surface area contributed by atoms with E-state index in [2.05, 4.69) is 5.32 Å². The molecule has 2 aromatic rings. The average molecular weight is 284 g/mol. The van der Waals surface area contributed by atoms with Crippen LogP contribution in [0.1, 0.15) is 22.8 Å². The summed E-state index contributed by atoms with van der Waals surface area (Å²) in [4.78, 5) is 14.1. The molecule has 3 rings (SSSR count). The van der Waals surface area contributed by atoms with E-state index in [9.17, 15) is 9.18 Å². The van der Waals surface area contributed by atoms with Crippen LogP contribution in [0.15, 0.2) is 42.5 Å². The third-order valence-electron chi connectivity index (χ3n) is 3.77. The largest absolute Gasteiger partial charge is 0.384 e. The number of anilines is 2. The fraction of sp³-hybridized carbons (Fsp3) is 0.235. The molecule has 0 spiro atoms. The predicted octanol–water partition coefficient (Wildman–Crippen LogP) is 3.46. The highest BCUT2D eigenvalue weighted by atomic mass is 19.1. The lowest BCUT2D eigenvalue weighted by Gasteiger charge is -2.22. The summed E-state index contributed by atoms with van der Waals surface area (Å²) in [6.07, 6.45) is 0.919. The van der Waals surface area contributed by atoms with E-state index in [-0.39, 0.29) is 11.7 Å². The van der Waals surface area contributed by atoms with Gasteiger partial charge in [0.1, 0.15) is 5.82 Å². The van der Waals surface area contributed by atoms with E-state index in [1.165, 1.54) is 11.0 Å². The molecule has 1 N–H and O–H groups in total. The van der Waals surface area contributed by atoms with E-state index in [0.717, 1.165) is 24.2 Å². The number of halogens is 1. The zero-order chi connectivity index (χ0) is 14.8. The summed E-state index contributed by atoms with van der Waals surface area (Å²) in [5, 5.41) is 3.27. The third-order valence-corrected chi connectivity index (χ3v) is 3.77. The molecule has 2 aromatic carbocycles. The number of amides is 1. The highest BCUT2D eigenvalue weighted by molar-refractivity contribution is 6.06. The second-order valence-corrected chi connectivity index (χ2v) is 5.05. The molecule has 0 aromatic heterocycles. The van der Waals surface area contributed by atoms with Crippen molar-refractivity contribution in [2.75, 3.05) is 23.3 Å². The highest BCUT2D eigenvalue weighted by Crippen LogP contribution is 2.25. The molecule has 0 saturated heterocycles. The number of carbonyl (C=O) groups excluding carboxylic acids is 1. The fourth-order valence-electron chi connectivity index (χ4n) is 2.69. The lowest BCUT2D eigenvalue weighted by atomic mass is 10.1. The summed E-state index contributed by atoms with van der Waals surface area (Å²) in [6, 6.07) is 12.0. The first-order valence-corrected chi connectivity index (χ1v) is 7.14. The van der Waals surface area contributed by atoms with Crippen molar-refractivity contribution < 1.29 is 9.18 Å². The average Bonchev–Trinajstić information content (AvgIpc) is 2.97. The quantitative estimate of drug-likeness (QED) is 0.936. The molecule has 0 saturated carbocycles. The van der Waals surface area contributed by atoms with Crippen molar-refractivity contribution in [3.63, 3.8) is 0 Å². The van der Waals surface area contributed by atoms with Crippen molar-refractivity contribution in [3.05, 3.63) is 59.4 Å². The van der Waals surface area contributed by atoms with Crippen LogP contribution in [0.4, 0.5) is 15.8 Å². The molecule has 1 aliphatic heterocycles. The van der Waals surface area contributed by atoms with Crippen LogP contribution < -0.4 is 10.2 Å². The zero-order valence-electron chi connectivity index (χ0n) is 11.9. The van der Waals surface area contributed by atoms with Crippen molar-refractivity contribution >= 4 is 17.3 Å². The zero-order valence-corrected chi connectivity index (χ0v) is 11.9. The van der Waals surface area contributed by atoms with E-state index in [4.69, 9.17) is 0 Å².